The zero-order chi connectivity index (χ0) is 12.3. The van der Waals surface area contributed by atoms with E-state index in [0.717, 1.165) is 25.1 Å². The van der Waals surface area contributed by atoms with Crippen LogP contribution in [0.5, 0.6) is 0 Å². The predicted octanol–water partition coefficient (Wildman–Crippen LogP) is 2.13. The maximum absolute atomic E-state index is 12.1. The third-order valence-corrected chi connectivity index (χ3v) is 3.10. The van der Waals surface area contributed by atoms with E-state index in [-0.39, 0.29) is 12.1 Å². The van der Waals surface area contributed by atoms with Gasteiger partial charge in [0, 0.05) is 6.54 Å². The van der Waals surface area contributed by atoms with Gasteiger partial charge in [-0.1, -0.05) is 29.8 Å². The molecular weight excluding hydrogens is 214 g/mol. The average Bonchev–Trinajstić information content (AvgIpc) is 2.29. The second kappa shape index (κ2) is 5.32. The van der Waals surface area contributed by atoms with Crippen molar-refractivity contribution >= 4 is 5.91 Å². The highest BCUT2D eigenvalue weighted by Crippen LogP contribution is 2.13. The average molecular weight is 233 g/mol. The van der Waals surface area contributed by atoms with Gasteiger partial charge in [-0.3, -0.25) is 4.79 Å². The lowest BCUT2D eigenvalue weighted by Gasteiger charge is -2.33. The Hall–Kier alpha value is -1.35. The smallest absolute Gasteiger partial charge is 0.229 e. The molecule has 0 bridgehead atoms. The van der Waals surface area contributed by atoms with Crippen molar-refractivity contribution < 1.29 is 9.53 Å². The van der Waals surface area contributed by atoms with E-state index in [4.69, 9.17) is 4.74 Å². The molecule has 1 aliphatic rings. The van der Waals surface area contributed by atoms with Gasteiger partial charge in [-0.15, -0.1) is 0 Å². The van der Waals surface area contributed by atoms with Gasteiger partial charge in [0.05, 0.1) is 13.0 Å². The van der Waals surface area contributed by atoms with E-state index >= 15 is 0 Å². The molecule has 1 aromatic carbocycles. The van der Waals surface area contributed by atoms with E-state index < -0.39 is 0 Å². The van der Waals surface area contributed by atoms with Crippen molar-refractivity contribution in [3.63, 3.8) is 0 Å². The second-order valence-corrected chi connectivity index (χ2v) is 4.58. The maximum atomic E-state index is 12.1. The molecule has 1 amide bonds. The Balaban J connectivity index is 2.01. The molecular formula is C14H19NO2. The monoisotopic (exact) mass is 233 g/mol. The van der Waals surface area contributed by atoms with Crippen LogP contribution < -0.4 is 0 Å². The summed E-state index contributed by atoms with van der Waals surface area (Å²) >= 11 is 0. The standard InChI is InChI=1S/C14H19NO2/c1-11-5-3-6-13(9-11)10-14(16)15-7-4-8-17-12(15)2/h3,5-6,9,12H,4,7-8,10H2,1-2H3. The minimum Gasteiger partial charge on any atom is -0.359 e. The van der Waals surface area contributed by atoms with Crippen molar-refractivity contribution in [2.75, 3.05) is 13.2 Å². The van der Waals surface area contributed by atoms with Gasteiger partial charge < -0.3 is 9.64 Å². The van der Waals surface area contributed by atoms with Crippen molar-refractivity contribution in [3.05, 3.63) is 35.4 Å². The normalized spacial score (nSPS) is 20.4. The SMILES string of the molecule is Cc1cccc(CC(=O)N2CCCOC2C)c1. The molecule has 0 aromatic heterocycles. The van der Waals surface area contributed by atoms with Crippen LogP contribution >= 0.6 is 0 Å². The molecule has 0 radical (unpaired) electrons. The van der Waals surface area contributed by atoms with Gasteiger partial charge >= 0.3 is 0 Å². The number of aryl methyl sites for hydroxylation is 1. The van der Waals surface area contributed by atoms with Crippen LogP contribution in [0.25, 0.3) is 0 Å². The lowest BCUT2D eigenvalue weighted by atomic mass is 10.1. The van der Waals surface area contributed by atoms with E-state index in [1.54, 1.807) is 0 Å². The Bertz CT molecular complexity index is 403. The van der Waals surface area contributed by atoms with Gasteiger partial charge in [-0.25, -0.2) is 0 Å². The Morgan fingerprint density at radius 3 is 3.06 bits per heavy atom. The maximum Gasteiger partial charge on any atom is 0.229 e. The zero-order valence-electron chi connectivity index (χ0n) is 10.5. The van der Waals surface area contributed by atoms with Crippen LogP contribution in [0.15, 0.2) is 24.3 Å². The highest BCUT2D eigenvalue weighted by atomic mass is 16.5. The number of hydrogen-bond donors (Lipinski definition) is 0. The van der Waals surface area contributed by atoms with Gasteiger partial charge in [-0.2, -0.15) is 0 Å². The van der Waals surface area contributed by atoms with E-state index in [0.29, 0.717) is 6.42 Å². The summed E-state index contributed by atoms with van der Waals surface area (Å²) in [7, 11) is 0. The van der Waals surface area contributed by atoms with Crippen molar-refractivity contribution in [1.29, 1.82) is 0 Å². The first-order valence-electron chi connectivity index (χ1n) is 6.13. The number of nitrogens with zero attached hydrogens (tertiary/aromatic N) is 1. The molecule has 1 heterocycles. The fourth-order valence-electron chi connectivity index (χ4n) is 2.19. The zero-order valence-corrected chi connectivity index (χ0v) is 10.5. The minimum absolute atomic E-state index is 0.0824. The summed E-state index contributed by atoms with van der Waals surface area (Å²) in [6, 6.07) is 8.10. The van der Waals surface area contributed by atoms with Gasteiger partial charge in [0.1, 0.15) is 6.23 Å². The highest BCUT2D eigenvalue weighted by Gasteiger charge is 2.23. The van der Waals surface area contributed by atoms with Crippen LogP contribution in [-0.2, 0) is 16.0 Å². The van der Waals surface area contributed by atoms with Crippen molar-refractivity contribution in [1.82, 2.24) is 4.90 Å². The van der Waals surface area contributed by atoms with Gasteiger partial charge in [0.15, 0.2) is 0 Å². The minimum atomic E-state index is -0.0824. The molecule has 1 aliphatic heterocycles. The number of carbonyl (C=O) groups excluding carboxylic acids is 1. The van der Waals surface area contributed by atoms with E-state index in [1.807, 2.05) is 36.9 Å². The van der Waals surface area contributed by atoms with Crippen molar-refractivity contribution in [3.8, 4) is 0 Å². The van der Waals surface area contributed by atoms with Crippen LogP contribution in [0.4, 0.5) is 0 Å². The summed E-state index contributed by atoms with van der Waals surface area (Å²) in [5.41, 5.74) is 2.27. The largest absolute Gasteiger partial charge is 0.359 e. The molecule has 1 fully saturated rings. The number of amides is 1. The van der Waals surface area contributed by atoms with Crippen LogP contribution in [-0.4, -0.2) is 30.2 Å². The van der Waals surface area contributed by atoms with E-state index in [1.165, 1.54) is 5.56 Å². The Morgan fingerprint density at radius 1 is 1.53 bits per heavy atom. The van der Waals surface area contributed by atoms with Crippen LogP contribution in [0.2, 0.25) is 0 Å². The molecule has 1 atom stereocenters. The first-order chi connectivity index (χ1) is 8.16. The summed E-state index contributed by atoms with van der Waals surface area (Å²) in [6.07, 6.45) is 1.32. The van der Waals surface area contributed by atoms with Crippen molar-refractivity contribution in [2.24, 2.45) is 0 Å². The summed E-state index contributed by atoms with van der Waals surface area (Å²) in [5.74, 6) is 0.155. The van der Waals surface area contributed by atoms with E-state index in [9.17, 15) is 4.79 Å². The molecule has 2 rings (SSSR count). The lowest BCUT2D eigenvalue weighted by molar-refractivity contribution is -0.151. The molecule has 1 unspecified atom stereocenters. The molecule has 1 aromatic rings. The first kappa shape index (κ1) is 12.1. The quantitative estimate of drug-likeness (QED) is 0.783. The van der Waals surface area contributed by atoms with Gasteiger partial charge in [0.25, 0.3) is 0 Å². The molecule has 92 valence electrons. The molecule has 3 nitrogen and oxygen atoms in total. The fourth-order valence-corrected chi connectivity index (χ4v) is 2.19. The Morgan fingerprint density at radius 2 is 2.35 bits per heavy atom. The molecule has 0 spiro atoms. The number of carbonyl (C=O) groups is 1. The topological polar surface area (TPSA) is 29.5 Å². The van der Waals surface area contributed by atoms with Crippen LogP contribution in [0.1, 0.15) is 24.5 Å². The first-order valence-corrected chi connectivity index (χ1v) is 6.13. The molecule has 1 saturated heterocycles. The van der Waals surface area contributed by atoms with Crippen LogP contribution in [0.3, 0.4) is 0 Å². The highest BCUT2D eigenvalue weighted by molar-refractivity contribution is 5.79. The van der Waals surface area contributed by atoms with E-state index in [2.05, 4.69) is 6.07 Å². The number of ether oxygens (including phenoxy) is 1. The summed E-state index contributed by atoms with van der Waals surface area (Å²) < 4.78 is 5.48. The molecule has 0 aliphatic carbocycles. The van der Waals surface area contributed by atoms with Crippen LogP contribution in [0, 0.1) is 6.92 Å². The third-order valence-electron chi connectivity index (χ3n) is 3.10. The predicted molar refractivity (Wildman–Crippen MR) is 66.6 cm³/mol. The van der Waals surface area contributed by atoms with Crippen molar-refractivity contribution in [2.45, 2.75) is 32.9 Å². The molecule has 0 saturated carbocycles. The molecule has 3 heteroatoms. The number of rotatable bonds is 2. The molecule has 0 N–H and O–H groups in total. The summed E-state index contributed by atoms with van der Waals surface area (Å²) in [6.45, 7) is 5.55. The second-order valence-electron chi connectivity index (χ2n) is 4.58. The third kappa shape index (κ3) is 3.07. The number of benzene rings is 1. The lowest BCUT2D eigenvalue weighted by Crippen LogP contribution is -2.45. The molecule has 17 heavy (non-hydrogen) atoms. The fraction of sp³-hybridized carbons (Fsp3) is 0.500. The van der Waals surface area contributed by atoms with Gasteiger partial charge in [-0.05, 0) is 25.8 Å². The Kier molecular flexibility index (Phi) is 3.79. The summed E-state index contributed by atoms with van der Waals surface area (Å²) in [5, 5.41) is 0. The Labute approximate surface area is 102 Å². The number of hydrogen-bond acceptors (Lipinski definition) is 2. The summed E-state index contributed by atoms with van der Waals surface area (Å²) in [4.78, 5) is 14.0. The van der Waals surface area contributed by atoms with Gasteiger partial charge in [0.2, 0.25) is 5.91 Å².